The number of halogens is 1. The Morgan fingerprint density at radius 3 is 2.55 bits per heavy atom. The van der Waals surface area contributed by atoms with Gasteiger partial charge in [0.15, 0.2) is 5.69 Å². The molecule has 168 valence electrons. The van der Waals surface area contributed by atoms with Gasteiger partial charge in [-0.1, -0.05) is 47.1 Å². The minimum absolute atomic E-state index is 0.163. The molecule has 0 N–H and O–H groups in total. The number of aromatic nitrogens is 4. The fraction of sp³-hybridized carbons (Fsp3) is 0.250. The van der Waals surface area contributed by atoms with Crippen molar-refractivity contribution in [2.45, 2.75) is 13.5 Å². The molecule has 1 aliphatic heterocycles. The van der Waals surface area contributed by atoms with Crippen LogP contribution in [-0.4, -0.2) is 61.8 Å². The van der Waals surface area contributed by atoms with Crippen LogP contribution in [-0.2, 0) is 6.54 Å². The average Bonchev–Trinajstić information content (AvgIpc) is 3.50. The molecule has 1 aliphatic rings. The Labute approximate surface area is 190 Å². The number of para-hydroxylation sites is 1. The first-order valence-electron chi connectivity index (χ1n) is 10.8. The van der Waals surface area contributed by atoms with Gasteiger partial charge < -0.3 is 9.42 Å². The Morgan fingerprint density at radius 1 is 1.03 bits per heavy atom. The quantitative estimate of drug-likeness (QED) is 0.468. The minimum Gasteiger partial charge on any atom is -0.338 e. The fourth-order valence-corrected chi connectivity index (χ4v) is 3.81. The van der Waals surface area contributed by atoms with E-state index in [1.54, 1.807) is 35.4 Å². The lowest BCUT2D eigenvalue weighted by atomic mass is 10.1. The maximum atomic E-state index is 14.0. The highest BCUT2D eigenvalue weighted by Gasteiger charge is 2.25. The van der Waals surface area contributed by atoms with E-state index in [1.165, 1.54) is 16.3 Å². The monoisotopic (exact) mass is 446 g/mol. The third-order valence-electron chi connectivity index (χ3n) is 5.70. The van der Waals surface area contributed by atoms with E-state index < -0.39 is 0 Å². The second kappa shape index (κ2) is 8.95. The van der Waals surface area contributed by atoms with Gasteiger partial charge in [0.05, 0.1) is 6.54 Å². The van der Waals surface area contributed by atoms with Crippen LogP contribution in [0.2, 0.25) is 0 Å². The standard InChI is InChI=1S/C24H23FN6O2/c1-17-6-8-18(9-7-17)23-26-22(33-28-23)16-29-12-14-30(15-13-29)24(32)20-10-11-31(27-20)21-5-3-2-4-19(21)25/h2-11H,12-16H2,1H3. The molecule has 0 saturated carbocycles. The number of hydrogen-bond acceptors (Lipinski definition) is 6. The van der Waals surface area contributed by atoms with Crippen LogP contribution in [0.5, 0.6) is 0 Å². The van der Waals surface area contributed by atoms with Gasteiger partial charge in [-0.05, 0) is 25.1 Å². The van der Waals surface area contributed by atoms with Crippen molar-refractivity contribution in [2.75, 3.05) is 26.2 Å². The van der Waals surface area contributed by atoms with Crippen molar-refractivity contribution < 1.29 is 13.7 Å². The van der Waals surface area contributed by atoms with Crippen LogP contribution in [0.25, 0.3) is 17.1 Å². The SMILES string of the molecule is Cc1ccc(-c2noc(CN3CCN(C(=O)c4ccn(-c5ccccc5F)n4)CC3)n2)cc1. The Bertz CT molecular complexity index is 1260. The molecule has 1 saturated heterocycles. The summed E-state index contributed by atoms with van der Waals surface area (Å²) in [5, 5.41) is 8.36. The van der Waals surface area contributed by atoms with Crippen molar-refractivity contribution in [3.05, 3.63) is 83.8 Å². The van der Waals surface area contributed by atoms with Crippen molar-refractivity contribution in [3.63, 3.8) is 0 Å². The molecule has 2 aromatic heterocycles. The molecule has 0 atom stereocenters. The number of carbonyl (C=O) groups excluding carboxylic acids is 1. The highest BCUT2D eigenvalue weighted by atomic mass is 19.1. The molecule has 1 fully saturated rings. The topological polar surface area (TPSA) is 80.3 Å². The van der Waals surface area contributed by atoms with Gasteiger partial charge in [0.2, 0.25) is 11.7 Å². The Morgan fingerprint density at radius 2 is 1.79 bits per heavy atom. The highest BCUT2D eigenvalue weighted by Crippen LogP contribution is 2.18. The van der Waals surface area contributed by atoms with E-state index in [9.17, 15) is 9.18 Å². The molecular formula is C24H23FN6O2. The smallest absolute Gasteiger partial charge is 0.274 e. The largest absolute Gasteiger partial charge is 0.338 e. The normalized spacial score (nSPS) is 14.5. The zero-order valence-electron chi connectivity index (χ0n) is 18.2. The van der Waals surface area contributed by atoms with Crippen molar-refractivity contribution >= 4 is 5.91 Å². The summed E-state index contributed by atoms with van der Waals surface area (Å²) < 4.78 is 20.8. The number of aryl methyl sites for hydroxylation is 1. The van der Waals surface area contributed by atoms with E-state index in [2.05, 4.69) is 20.1 Å². The Balaban J connectivity index is 1.17. The molecule has 4 aromatic rings. The lowest BCUT2D eigenvalue weighted by molar-refractivity contribution is 0.0609. The third kappa shape index (κ3) is 4.54. The molecule has 2 aromatic carbocycles. The number of piperazine rings is 1. The summed E-state index contributed by atoms with van der Waals surface area (Å²) in [5.74, 6) is 0.571. The van der Waals surface area contributed by atoms with Crippen molar-refractivity contribution in [3.8, 4) is 17.1 Å². The van der Waals surface area contributed by atoms with E-state index in [-0.39, 0.29) is 11.7 Å². The van der Waals surface area contributed by atoms with Gasteiger partial charge in [-0.3, -0.25) is 9.69 Å². The molecule has 3 heterocycles. The van der Waals surface area contributed by atoms with Gasteiger partial charge in [-0.25, -0.2) is 9.07 Å². The number of rotatable bonds is 5. The first-order chi connectivity index (χ1) is 16.1. The van der Waals surface area contributed by atoms with Crippen molar-refractivity contribution in [1.29, 1.82) is 0 Å². The summed E-state index contributed by atoms with van der Waals surface area (Å²) in [6.45, 7) is 5.05. The summed E-state index contributed by atoms with van der Waals surface area (Å²) in [6, 6.07) is 15.9. The van der Waals surface area contributed by atoms with E-state index >= 15 is 0 Å². The molecule has 5 rings (SSSR count). The predicted octanol–water partition coefficient (Wildman–Crippen LogP) is 3.33. The molecule has 1 amide bonds. The van der Waals surface area contributed by atoms with Crippen LogP contribution in [0.15, 0.2) is 65.3 Å². The van der Waals surface area contributed by atoms with Crippen molar-refractivity contribution in [1.82, 2.24) is 29.7 Å². The van der Waals surface area contributed by atoms with Crippen LogP contribution in [0, 0.1) is 12.7 Å². The summed E-state index contributed by atoms with van der Waals surface area (Å²) in [7, 11) is 0. The molecule has 0 spiro atoms. The average molecular weight is 446 g/mol. The second-order valence-corrected chi connectivity index (χ2v) is 8.04. The van der Waals surface area contributed by atoms with Gasteiger partial charge in [-0.15, -0.1) is 0 Å². The van der Waals surface area contributed by atoms with Gasteiger partial charge >= 0.3 is 0 Å². The molecule has 0 radical (unpaired) electrons. The Hall–Kier alpha value is -3.85. The summed E-state index contributed by atoms with van der Waals surface area (Å²) in [5.41, 5.74) is 2.70. The lowest BCUT2D eigenvalue weighted by Crippen LogP contribution is -2.48. The minimum atomic E-state index is -0.389. The number of carbonyl (C=O) groups is 1. The summed E-state index contributed by atoms with van der Waals surface area (Å²) >= 11 is 0. The molecule has 0 aliphatic carbocycles. The fourth-order valence-electron chi connectivity index (χ4n) is 3.81. The summed E-state index contributed by atoms with van der Waals surface area (Å²) in [4.78, 5) is 21.3. The molecular weight excluding hydrogens is 423 g/mol. The van der Waals surface area contributed by atoms with E-state index in [4.69, 9.17) is 4.52 Å². The van der Waals surface area contributed by atoms with Gasteiger partial charge in [0.25, 0.3) is 5.91 Å². The van der Waals surface area contributed by atoms with Gasteiger partial charge in [-0.2, -0.15) is 10.1 Å². The molecule has 0 unspecified atom stereocenters. The number of benzene rings is 2. The zero-order valence-corrected chi connectivity index (χ0v) is 18.2. The third-order valence-corrected chi connectivity index (χ3v) is 5.70. The predicted molar refractivity (Wildman–Crippen MR) is 119 cm³/mol. The van der Waals surface area contributed by atoms with Crippen LogP contribution < -0.4 is 0 Å². The maximum absolute atomic E-state index is 14.0. The molecule has 33 heavy (non-hydrogen) atoms. The molecule has 9 heteroatoms. The molecule has 8 nitrogen and oxygen atoms in total. The van der Waals surface area contributed by atoms with Crippen LogP contribution >= 0.6 is 0 Å². The van der Waals surface area contributed by atoms with Crippen LogP contribution in [0.4, 0.5) is 4.39 Å². The first kappa shape index (κ1) is 21.0. The van der Waals surface area contributed by atoms with Crippen LogP contribution in [0.3, 0.4) is 0 Å². The highest BCUT2D eigenvalue weighted by molar-refractivity contribution is 5.92. The second-order valence-electron chi connectivity index (χ2n) is 8.04. The van der Waals surface area contributed by atoms with Gasteiger partial charge in [0.1, 0.15) is 11.5 Å². The maximum Gasteiger partial charge on any atom is 0.274 e. The summed E-state index contributed by atoms with van der Waals surface area (Å²) in [6.07, 6.45) is 1.60. The van der Waals surface area contributed by atoms with E-state index in [1.807, 2.05) is 31.2 Å². The van der Waals surface area contributed by atoms with Gasteiger partial charge in [0, 0.05) is 37.9 Å². The number of nitrogens with zero attached hydrogens (tertiary/aromatic N) is 6. The Kier molecular flexibility index (Phi) is 5.70. The lowest BCUT2D eigenvalue weighted by Gasteiger charge is -2.33. The van der Waals surface area contributed by atoms with E-state index in [0.29, 0.717) is 55.8 Å². The van der Waals surface area contributed by atoms with Crippen molar-refractivity contribution in [2.24, 2.45) is 0 Å². The van der Waals surface area contributed by atoms with Crippen LogP contribution in [0.1, 0.15) is 21.9 Å². The number of amides is 1. The van der Waals surface area contributed by atoms with E-state index in [0.717, 1.165) is 5.56 Å². The zero-order chi connectivity index (χ0) is 22.8. The first-order valence-corrected chi connectivity index (χ1v) is 10.8. The number of hydrogen-bond donors (Lipinski definition) is 0. The molecule has 0 bridgehead atoms.